The predicted molar refractivity (Wildman–Crippen MR) is 87.4 cm³/mol. The number of imidazole rings is 1. The van der Waals surface area contributed by atoms with Crippen molar-refractivity contribution in [1.29, 1.82) is 0 Å². The average molecular weight is 317 g/mol. The molecule has 0 unspecified atom stereocenters. The van der Waals surface area contributed by atoms with Gasteiger partial charge in [0.1, 0.15) is 24.8 Å². The van der Waals surface area contributed by atoms with Gasteiger partial charge in [-0.05, 0) is 36.4 Å². The van der Waals surface area contributed by atoms with E-state index in [0.29, 0.717) is 24.8 Å². The van der Waals surface area contributed by atoms with Crippen molar-refractivity contribution in [2.24, 2.45) is 0 Å². The number of hydrogen-bond acceptors (Lipinski definition) is 3. The molecule has 4 nitrogen and oxygen atoms in total. The van der Waals surface area contributed by atoms with Gasteiger partial charge in [0.15, 0.2) is 0 Å². The highest BCUT2D eigenvalue weighted by Gasteiger charge is 2.10. The van der Waals surface area contributed by atoms with Crippen LogP contribution < -0.4 is 4.74 Å². The maximum atomic E-state index is 5.87. The van der Waals surface area contributed by atoms with E-state index in [-0.39, 0.29) is 0 Å². The van der Waals surface area contributed by atoms with Crippen LogP contribution in [-0.4, -0.2) is 23.3 Å². The molecule has 1 heterocycles. The lowest BCUT2D eigenvalue weighted by atomic mass is 10.3. The fourth-order valence-electron chi connectivity index (χ4n) is 2.40. The van der Waals surface area contributed by atoms with Crippen molar-refractivity contribution in [3.05, 3.63) is 59.4 Å². The zero-order chi connectivity index (χ0) is 15.4. The summed E-state index contributed by atoms with van der Waals surface area (Å²) >= 11 is 5.87. The molecule has 5 heteroatoms. The average Bonchev–Trinajstić information content (AvgIpc) is 2.88. The number of methoxy groups -OCH3 is 1. The topological polar surface area (TPSA) is 36.3 Å². The highest BCUT2D eigenvalue weighted by molar-refractivity contribution is 6.30. The molecule has 22 heavy (non-hydrogen) atoms. The first-order valence-corrected chi connectivity index (χ1v) is 7.47. The van der Waals surface area contributed by atoms with E-state index in [1.807, 2.05) is 42.5 Å². The lowest BCUT2D eigenvalue weighted by molar-refractivity contribution is 0.173. The maximum Gasteiger partial charge on any atom is 0.136 e. The van der Waals surface area contributed by atoms with Crippen LogP contribution in [-0.2, 0) is 17.9 Å². The number of ether oxygens (including phenoxy) is 2. The van der Waals surface area contributed by atoms with E-state index in [0.717, 1.165) is 22.6 Å². The van der Waals surface area contributed by atoms with Gasteiger partial charge in [-0.1, -0.05) is 23.7 Å². The van der Waals surface area contributed by atoms with Crippen LogP contribution in [0.2, 0.25) is 5.02 Å². The molecule has 1 aromatic heterocycles. The van der Waals surface area contributed by atoms with Gasteiger partial charge in [0.05, 0.1) is 17.6 Å². The minimum Gasteiger partial charge on any atom is -0.492 e. The number of aromatic nitrogens is 2. The molecule has 0 fully saturated rings. The first-order valence-electron chi connectivity index (χ1n) is 7.09. The summed E-state index contributed by atoms with van der Waals surface area (Å²) in [4.78, 5) is 4.60. The van der Waals surface area contributed by atoms with Crippen LogP contribution >= 0.6 is 11.6 Å². The first-order chi connectivity index (χ1) is 10.8. The Balaban J connectivity index is 1.74. The summed E-state index contributed by atoms with van der Waals surface area (Å²) in [6, 6.07) is 15.4. The van der Waals surface area contributed by atoms with Crippen molar-refractivity contribution in [1.82, 2.24) is 9.55 Å². The standard InChI is InChI=1S/C17H17ClN2O2/c1-21-12-17-19-15-4-2-3-5-16(15)20(17)10-11-22-14-8-6-13(18)7-9-14/h2-9H,10-12H2,1H3. The fraction of sp³-hybridized carbons (Fsp3) is 0.235. The third-order valence-electron chi connectivity index (χ3n) is 3.40. The van der Waals surface area contributed by atoms with E-state index in [4.69, 9.17) is 21.1 Å². The molecule has 3 rings (SSSR count). The molecule has 0 atom stereocenters. The first kappa shape index (κ1) is 14.9. The summed E-state index contributed by atoms with van der Waals surface area (Å²) in [7, 11) is 1.67. The Bertz CT molecular complexity index is 753. The number of halogens is 1. The van der Waals surface area contributed by atoms with Gasteiger partial charge in [-0.25, -0.2) is 4.98 Å². The minimum atomic E-state index is 0.482. The van der Waals surface area contributed by atoms with Gasteiger partial charge in [-0.3, -0.25) is 0 Å². The summed E-state index contributed by atoms with van der Waals surface area (Å²) in [5.74, 6) is 1.71. The minimum absolute atomic E-state index is 0.482. The third-order valence-corrected chi connectivity index (χ3v) is 3.66. The molecule has 0 N–H and O–H groups in total. The molecular formula is C17H17ClN2O2. The summed E-state index contributed by atoms with van der Waals surface area (Å²) < 4.78 is 13.1. The van der Waals surface area contributed by atoms with Crippen molar-refractivity contribution in [2.45, 2.75) is 13.2 Å². The number of fused-ring (bicyclic) bond motifs is 1. The van der Waals surface area contributed by atoms with Gasteiger partial charge in [0.25, 0.3) is 0 Å². The van der Waals surface area contributed by atoms with Crippen LogP contribution in [0.15, 0.2) is 48.5 Å². The van der Waals surface area contributed by atoms with E-state index >= 15 is 0 Å². The summed E-state index contributed by atoms with van der Waals surface area (Å²) in [6.07, 6.45) is 0. The Morgan fingerprint density at radius 3 is 2.64 bits per heavy atom. The van der Waals surface area contributed by atoms with E-state index in [1.54, 1.807) is 7.11 Å². The van der Waals surface area contributed by atoms with E-state index in [2.05, 4.69) is 15.6 Å². The van der Waals surface area contributed by atoms with Gasteiger partial charge in [-0.2, -0.15) is 0 Å². The zero-order valence-corrected chi connectivity index (χ0v) is 13.1. The van der Waals surface area contributed by atoms with Gasteiger partial charge in [0, 0.05) is 12.1 Å². The maximum absolute atomic E-state index is 5.87. The second-order valence-corrected chi connectivity index (χ2v) is 5.34. The molecular weight excluding hydrogens is 300 g/mol. The van der Waals surface area contributed by atoms with Crippen molar-refractivity contribution >= 4 is 22.6 Å². The number of hydrogen-bond donors (Lipinski definition) is 0. The molecule has 0 saturated carbocycles. The molecule has 0 aliphatic rings. The second kappa shape index (κ2) is 6.81. The van der Waals surface area contributed by atoms with Crippen LogP contribution in [0.3, 0.4) is 0 Å². The van der Waals surface area contributed by atoms with E-state index in [1.165, 1.54) is 0 Å². The Hall–Kier alpha value is -2.04. The third kappa shape index (κ3) is 3.24. The van der Waals surface area contributed by atoms with Crippen molar-refractivity contribution in [3.8, 4) is 5.75 Å². The van der Waals surface area contributed by atoms with Crippen LogP contribution in [0.4, 0.5) is 0 Å². The molecule has 0 amide bonds. The smallest absolute Gasteiger partial charge is 0.136 e. The lowest BCUT2D eigenvalue weighted by Gasteiger charge is -2.10. The molecule has 0 bridgehead atoms. The van der Waals surface area contributed by atoms with Gasteiger partial charge < -0.3 is 14.0 Å². The number of para-hydroxylation sites is 2. The number of nitrogens with zero attached hydrogens (tertiary/aromatic N) is 2. The molecule has 2 aromatic carbocycles. The molecule has 3 aromatic rings. The zero-order valence-electron chi connectivity index (χ0n) is 12.3. The normalized spacial score (nSPS) is 11.0. The van der Waals surface area contributed by atoms with Crippen LogP contribution in [0, 0.1) is 0 Å². The van der Waals surface area contributed by atoms with Crippen LogP contribution in [0.5, 0.6) is 5.75 Å². The Morgan fingerprint density at radius 1 is 1.09 bits per heavy atom. The summed E-state index contributed by atoms with van der Waals surface area (Å²) in [5.41, 5.74) is 2.07. The number of rotatable bonds is 6. The Morgan fingerprint density at radius 2 is 1.86 bits per heavy atom. The number of benzene rings is 2. The highest BCUT2D eigenvalue weighted by Crippen LogP contribution is 2.18. The molecule has 0 aliphatic heterocycles. The summed E-state index contributed by atoms with van der Waals surface area (Å²) in [5, 5.41) is 0.704. The molecule has 0 saturated heterocycles. The van der Waals surface area contributed by atoms with Gasteiger partial charge in [-0.15, -0.1) is 0 Å². The predicted octanol–water partition coefficient (Wildman–Crippen LogP) is 3.92. The molecule has 114 valence electrons. The Labute approximate surface area is 134 Å². The Kier molecular flexibility index (Phi) is 4.61. The molecule has 0 radical (unpaired) electrons. The van der Waals surface area contributed by atoms with Crippen LogP contribution in [0.25, 0.3) is 11.0 Å². The van der Waals surface area contributed by atoms with E-state index in [9.17, 15) is 0 Å². The second-order valence-electron chi connectivity index (χ2n) is 4.90. The highest BCUT2D eigenvalue weighted by atomic mass is 35.5. The fourth-order valence-corrected chi connectivity index (χ4v) is 2.53. The van der Waals surface area contributed by atoms with Crippen molar-refractivity contribution < 1.29 is 9.47 Å². The van der Waals surface area contributed by atoms with E-state index < -0.39 is 0 Å². The van der Waals surface area contributed by atoms with Crippen molar-refractivity contribution in [2.75, 3.05) is 13.7 Å². The lowest BCUT2D eigenvalue weighted by Crippen LogP contribution is -2.11. The largest absolute Gasteiger partial charge is 0.492 e. The van der Waals surface area contributed by atoms with Crippen molar-refractivity contribution in [3.63, 3.8) is 0 Å². The van der Waals surface area contributed by atoms with Gasteiger partial charge >= 0.3 is 0 Å². The quantitative estimate of drug-likeness (QED) is 0.691. The SMILES string of the molecule is COCc1nc2ccccc2n1CCOc1ccc(Cl)cc1. The van der Waals surface area contributed by atoms with Gasteiger partial charge in [0.2, 0.25) is 0 Å². The van der Waals surface area contributed by atoms with Crippen LogP contribution in [0.1, 0.15) is 5.82 Å². The molecule has 0 spiro atoms. The molecule has 0 aliphatic carbocycles. The monoisotopic (exact) mass is 316 g/mol. The summed E-state index contributed by atoms with van der Waals surface area (Å²) in [6.45, 7) is 1.75.